The van der Waals surface area contributed by atoms with Gasteiger partial charge in [-0.25, -0.2) is 0 Å². The van der Waals surface area contributed by atoms with E-state index in [1.165, 1.54) is 0 Å². The highest BCUT2D eigenvalue weighted by molar-refractivity contribution is 7.10. The van der Waals surface area contributed by atoms with Crippen molar-refractivity contribution in [3.8, 4) is 0 Å². The van der Waals surface area contributed by atoms with Gasteiger partial charge in [-0.1, -0.05) is 6.92 Å². The predicted octanol–water partition coefficient (Wildman–Crippen LogP) is 2.74. The Morgan fingerprint density at radius 2 is 2.31 bits per heavy atom. The number of aliphatic hydroxyl groups excluding tert-OH is 1. The monoisotopic (exact) mass is 236 g/mol. The minimum atomic E-state index is -0.547. The summed E-state index contributed by atoms with van der Waals surface area (Å²) in [4.78, 5) is 1.01. The quantitative estimate of drug-likeness (QED) is 0.886. The second-order valence-corrected chi connectivity index (χ2v) is 4.80. The minimum Gasteiger partial charge on any atom is -0.381 e. The first-order valence-electron chi connectivity index (χ1n) is 5.47. The molecular weight excluding hydrogens is 220 g/mol. The third-order valence-corrected chi connectivity index (χ3v) is 3.69. The number of aliphatic hydroxyl groups is 1. The molecule has 0 amide bonds. The fourth-order valence-corrected chi connectivity index (χ4v) is 2.70. The van der Waals surface area contributed by atoms with Crippen molar-refractivity contribution in [3.63, 3.8) is 0 Å². The van der Waals surface area contributed by atoms with Crippen LogP contribution in [0.25, 0.3) is 0 Å². The molecule has 0 saturated heterocycles. The highest BCUT2D eigenvalue weighted by Crippen LogP contribution is 2.28. The van der Waals surface area contributed by atoms with Crippen molar-refractivity contribution in [1.29, 1.82) is 0 Å². The Balaban J connectivity index is 2.30. The summed E-state index contributed by atoms with van der Waals surface area (Å²) in [5.74, 6) is 0. The summed E-state index contributed by atoms with van der Waals surface area (Å²) < 4.78 is 1.88. The summed E-state index contributed by atoms with van der Waals surface area (Å²) in [5, 5.41) is 16.5. The second-order valence-electron chi connectivity index (χ2n) is 3.85. The molecule has 4 heteroatoms. The van der Waals surface area contributed by atoms with Gasteiger partial charge in [0.15, 0.2) is 0 Å². The molecule has 0 bridgehead atoms. The van der Waals surface area contributed by atoms with Crippen LogP contribution in [-0.2, 0) is 6.54 Å². The normalized spacial score (nSPS) is 12.9. The molecule has 2 aromatic heterocycles. The van der Waals surface area contributed by atoms with Crippen molar-refractivity contribution in [1.82, 2.24) is 9.78 Å². The molecule has 1 atom stereocenters. The summed E-state index contributed by atoms with van der Waals surface area (Å²) in [7, 11) is 0. The molecule has 2 aromatic rings. The van der Waals surface area contributed by atoms with Gasteiger partial charge in [-0.15, -0.1) is 11.3 Å². The summed E-state index contributed by atoms with van der Waals surface area (Å²) >= 11 is 1.59. The van der Waals surface area contributed by atoms with Gasteiger partial charge in [0.2, 0.25) is 0 Å². The molecule has 0 radical (unpaired) electrons. The number of hydrogen-bond donors (Lipinski definition) is 1. The lowest BCUT2D eigenvalue weighted by Crippen LogP contribution is -2.09. The molecule has 0 aliphatic rings. The first-order valence-corrected chi connectivity index (χ1v) is 6.35. The van der Waals surface area contributed by atoms with E-state index in [1.807, 2.05) is 29.1 Å². The Labute approximate surface area is 99.4 Å². The molecule has 86 valence electrons. The van der Waals surface area contributed by atoms with Crippen LogP contribution < -0.4 is 0 Å². The minimum absolute atomic E-state index is 0.547. The number of aryl methyl sites for hydroxylation is 2. The highest BCUT2D eigenvalue weighted by atomic mass is 32.1. The zero-order valence-corrected chi connectivity index (χ0v) is 10.4. The maximum absolute atomic E-state index is 10.3. The van der Waals surface area contributed by atoms with Crippen LogP contribution >= 0.6 is 11.3 Å². The van der Waals surface area contributed by atoms with Crippen LogP contribution in [0.5, 0.6) is 0 Å². The number of nitrogens with zero attached hydrogens (tertiary/aromatic N) is 2. The van der Waals surface area contributed by atoms with E-state index in [9.17, 15) is 5.11 Å². The molecule has 2 heterocycles. The average Bonchev–Trinajstić information content (AvgIpc) is 2.87. The van der Waals surface area contributed by atoms with Gasteiger partial charge in [-0.2, -0.15) is 5.10 Å². The summed E-state index contributed by atoms with van der Waals surface area (Å²) in [6.45, 7) is 4.98. The average molecular weight is 236 g/mol. The number of hydrogen-bond acceptors (Lipinski definition) is 3. The van der Waals surface area contributed by atoms with E-state index < -0.39 is 6.10 Å². The third-order valence-electron chi connectivity index (χ3n) is 2.62. The predicted molar refractivity (Wildman–Crippen MR) is 65.6 cm³/mol. The van der Waals surface area contributed by atoms with Crippen LogP contribution in [0, 0.1) is 6.92 Å². The fourth-order valence-electron chi connectivity index (χ4n) is 1.77. The third kappa shape index (κ3) is 2.03. The van der Waals surface area contributed by atoms with Crippen molar-refractivity contribution in [2.45, 2.75) is 32.9 Å². The topological polar surface area (TPSA) is 38.0 Å². The Morgan fingerprint density at radius 1 is 1.50 bits per heavy atom. The first kappa shape index (κ1) is 11.4. The zero-order chi connectivity index (χ0) is 11.5. The van der Waals surface area contributed by atoms with Crippen LogP contribution in [-0.4, -0.2) is 14.9 Å². The summed E-state index contributed by atoms with van der Waals surface area (Å²) in [5.41, 5.74) is 2.02. The maximum Gasteiger partial charge on any atom is 0.130 e. The van der Waals surface area contributed by atoms with Crippen molar-refractivity contribution in [2.75, 3.05) is 0 Å². The Hall–Kier alpha value is -1.13. The van der Waals surface area contributed by atoms with Gasteiger partial charge in [0.1, 0.15) is 6.10 Å². The Morgan fingerprint density at radius 3 is 2.94 bits per heavy atom. The van der Waals surface area contributed by atoms with E-state index in [4.69, 9.17) is 0 Å². The molecule has 1 unspecified atom stereocenters. The molecule has 0 saturated carbocycles. The van der Waals surface area contributed by atoms with Gasteiger partial charge in [0.05, 0.1) is 5.69 Å². The van der Waals surface area contributed by atoms with E-state index in [-0.39, 0.29) is 0 Å². The standard InChI is InChI=1S/C12H16N2OS/c1-3-7-14-10(4-6-13-14)11(15)12-9(2)5-8-16-12/h4-6,8,11,15H,3,7H2,1-2H3. The smallest absolute Gasteiger partial charge is 0.130 e. The van der Waals surface area contributed by atoms with Crippen molar-refractivity contribution < 1.29 is 5.11 Å². The molecule has 0 fully saturated rings. The first-order chi connectivity index (χ1) is 7.74. The lowest BCUT2D eigenvalue weighted by Gasteiger charge is -2.12. The van der Waals surface area contributed by atoms with Gasteiger partial charge < -0.3 is 5.11 Å². The Bertz CT molecular complexity index is 461. The van der Waals surface area contributed by atoms with E-state index >= 15 is 0 Å². The molecular formula is C12H16N2OS. The SMILES string of the molecule is CCCn1nccc1C(O)c1sccc1C. The molecule has 0 spiro atoms. The van der Waals surface area contributed by atoms with Gasteiger partial charge in [-0.05, 0) is 36.4 Å². The Kier molecular flexibility index (Phi) is 3.41. The van der Waals surface area contributed by atoms with Gasteiger partial charge in [0, 0.05) is 17.6 Å². The van der Waals surface area contributed by atoms with E-state index in [2.05, 4.69) is 12.0 Å². The molecule has 2 rings (SSSR count). The van der Waals surface area contributed by atoms with E-state index in [0.29, 0.717) is 0 Å². The molecule has 0 aliphatic heterocycles. The van der Waals surface area contributed by atoms with Crippen LogP contribution in [0.2, 0.25) is 0 Å². The van der Waals surface area contributed by atoms with Crippen LogP contribution in [0.15, 0.2) is 23.7 Å². The molecule has 16 heavy (non-hydrogen) atoms. The van der Waals surface area contributed by atoms with Gasteiger partial charge in [0.25, 0.3) is 0 Å². The van der Waals surface area contributed by atoms with Crippen LogP contribution in [0.4, 0.5) is 0 Å². The largest absolute Gasteiger partial charge is 0.381 e. The maximum atomic E-state index is 10.3. The molecule has 0 aliphatic carbocycles. The number of rotatable bonds is 4. The van der Waals surface area contributed by atoms with E-state index in [0.717, 1.165) is 29.1 Å². The van der Waals surface area contributed by atoms with E-state index in [1.54, 1.807) is 17.5 Å². The second kappa shape index (κ2) is 4.80. The van der Waals surface area contributed by atoms with Crippen molar-refractivity contribution in [2.24, 2.45) is 0 Å². The highest BCUT2D eigenvalue weighted by Gasteiger charge is 2.17. The van der Waals surface area contributed by atoms with Crippen LogP contribution in [0.3, 0.4) is 0 Å². The van der Waals surface area contributed by atoms with Crippen LogP contribution in [0.1, 0.15) is 35.6 Å². The molecule has 0 aromatic carbocycles. The van der Waals surface area contributed by atoms with Crippen molar-refractivity contribution >= 4 is 11.3 Å². The number of thiophene rings is 1. The fraction of sp³-hybridized carbons (Fsp3) is 0.417. The summed E-state index contributed by atoms with van der Waals surface area (Å²) in [6.07, 6.45) is 2.22. The molecule has 1 N–H and O–H groups in total. The van der Waals surface area contributed by atoms with Gasteiger partial charge >= 0.3 is 0 Å². The van der Waals surface area contributed by atoms with Crippen molar-refractivity contribution in [3.05, 3.63) is 39.8 Å². The molecule has 3 nitrogen and oxygen atoms in total. The number of aromatic nitrogens is 2. The van der Waals surface area contributed by atoms with Gasteiger partial charge in [-0.3, -0.25) is 4.68 Å². The summed E-state index contributed by atoms with van der Waals surface area (Å²) in [6, 6.07) is 3.92. The zero-order valence-electron chi connectivity index (χ0n) is 9.55. The lowest BCUT2D eigenvalue weighted by molar-refractivity contribution is 0.210. The lowest BCUT2D eigenvalue weighted by atomic mass is 10.1.